The molecule has 1 atom stereocenters. The Morgan fingerprint density at radius 3 is 2.91 bits per heavy atom. The van der Waals surface area contributed by atoms with E-state index in [0.717, 1.165) is 18.9 Å². The highest BCUT2D eigenvalue weighted by Gasteiger charge is 2.19. The van der Waals surface area contributed by atoms with Crippen LogP contribution < -0.4 is 5.32 Å². The van der Waals surface area contributed by atoms with Crippen LogP contribution >= 0.6 is 11.6 Å². The van der Waals surface area contributed by atoms with Gasteiger partial charge >= 0.3 is 5.97 Å². The van der Waals surface area contributed by atoms with Crippen LogP contribution in [0.3, 0.4) is 0 Å². The van der Waals surface area contributed by atoms with Gasteiger partial charge in [-0.25, -0.2) is 4.79 Å². The molecular formula is C14H15ClN2O6. The Labute approximate surface area is 136 Å². The number of nitrogens with zero attached hydrogens (tertiary/aromatic N) is 1. The van der Waals surface area contributed by atoms with E-state index in [1.165, 1.54) is 12.1 Å². The number of nitro groups is 1. The number of halogens is 1. The van der Waals surface area contributed by atoms with Crippen LogP contribution in [0.25, 0.3) is 0 Å². The highest BCUT2D eigenvalue weighted by molar-refractivity contribution is 6.32. The Morgan fingerprint density at radius 2 is 2.26 bits per heavy atom. The fourth-order valence-corrected chi connectivity index (χ4v) is 2.26. The van der Waals surface area contributed by atoms with Gasteiger partial charge in [0.1, 0.15) is 5.02 Å². The summed E-state index contributed by atoms with van der Waals surface area (Å²) in [6.45, 7) is 0.579. The molecule has 1 unspecified atom stereocenters. The van der Waals surface area contributed by atoms with Gasteiger partial charge in [0.05, 0.1) is 16.6 Å². The average Bonchev–Trinajstić information content (AvgIpc) is 3.04. The van der Waals surface area contributed by atoms with Crippen molar-refractivity contribution < 1.29 is 24.0 Å². The minimum Gasteiger partial charge on any atom is -0.452 e. The Kier molecular flexibility index (Phi) is 5.89. The first-order chi connectivity index (χ1) is 11.0. The van der Waals surface area contributed by atoms with Crippen molar-refractivity contribution >= 4 is 29.2 Å². The summed E-state index contributed by atoms with van der Waals surface area (Å²) in [7, 11) is 0. The molecule has 1 amide bonds. The van der Waals surface area contributed by atoms with Crippen molar-refractivity contribution in [2.24, 2.45) is 0 Å². The van der Waals surface area contributed by atoms with Gasteiger partial charge < -0.3 is 14.8 Å². The first-order valence-electron chi connectivity index (χ1n) is 6.96. The summed E-state index contributed by atoms with van der Waals surface area (Å²) in [5.41, 5.74) is -0.447. The average molecular weight is 343 g/mol. The Hall–Kier alpha value is -2.19. The molecule has 1 aromatic carbocycles. The molecule has 1 fully saturated rings. The third-order valence-corrected chi connectivity index (χ3v) is 3.58. The van der Waals surface area contributed by atoms with E-state index in [0.29, 0.717) is 13.2 Å². The van der Waals surface area contributed by atoms with Crippen molar-refractivity contribution in [3.63, 3.8) is 0 Å². The summed E-state index contributed by atoms with van der Waals surface area (Å²) in [5.74, 6) is -1.30. The van der Waals surface area contributed by atoms with Crippen LogP contribution in [0.5, 0.6) is 0 Å². The quantitative estimate of drug-likeness (QED) is 0.479. The number of ether oxygens (including phenoxy) is 2. The van der Waals surface area contributed by atoms with Crippen LogP contribution in [0.2, 0.25) is 5.02 Å². The first-order valence-corrected chi connectivity index (χ1v) is 7.34. The number of nitrogens with one attached hydrogen (secondary N) is 1. The predicted molar refractivity (Wildman–Crippen MR) is 80.4 cm³/mol. The molecular weight excluding hydrogens is 328 g/mol. The molecule has 0 aliphatic carbocycles. The van der Waals surface area contributed by atoms with Crippen molar-refractivity contribution in [2.75, 3.05) is 19.8 Å². The zero-order valence-corrected chi connectivity index (χ0v) is 12.9. The zero-order chi connectivity index (χ0) is 16.8. The second-order valence-electron chi connectivity index (χ2n) is 4.94. The molecule has 23 heavy (non-hydrogen) atoms. The number of nitro benzene ring substituents is 1. The zero-order valence-electron chi connectivity index (χ0n) is 12.1. The Bertz CT molecular complexity index is 615. The maximum atomic E-state index is 11.8. The molecule has 1 aliphatic rings. The number of hydrogen-bond acceptors (Lipinski definition) is 6. The fraction of sp³-hybridized carbons (Fsp3) is 0.429. The summed E-state index contributed by atoms with van der Waals surface area (Å²) in [6, 6.07) is 3.53. The second-order valence-corrected chi connectivity index (χ2v) is 5.35. The molecule has 0 bridgehead atoms. The monoisotopic (exact) mass is 342 g/mol. The van der Waals surface area contributed by atoms with Gasteiger partial charge in [0.2, 0.25) is 0 Å². The molecule has 2 rings (SSSR count). The fourth-order valence-electron chi connectivity index (χ4n) is 2.08. The van der Waals surface area contributed by atoms with E-state index in [1.807, 2.05) is 0 Å². The van der Waals surface area contributed by atoms with Gasteiger partial charge in [-0.2, -0.15) is 0 Å². The maximum absolute atomic E-state index is 11.8. The van der Waals surface area contributed by atoms with Gasteiger partial charge in [-0.05, 0) is 25.0 Å². The highest BCUT2D eigenvalue weighted by Crippen LogP contribution is 2.25. The Morgan fingerprint density at radius 1 is 1.48 bits per heavy atom. The van der Waals surface area contributed by atoms with Gasteiger partial charge in [0, 0.05) is 19.2 Å². The lowest BCUT2D eigenvalue weighted by atomic mass is 10.2. The van der Waals surface area contributed by atoms with E-state index in [4.69, 9.17) is 21.1 Å². The van der Waals surface area contributed by atoms with Gasteiger partial charge in [-0.1, -0.05) is 11.6 Å². The molecule has 1 aliphatic heterocycles. The van der Waals surface area contributed by atoms with E-state index >= 15 is 0 Å². The number of carbonyl (C=O) groups excluding carboxylic acids is 2. The molecule has 1 saturated heterocycles. The lowest BCUT2D eigenvalue weighted by Crippen LogP contribution is -2.34. The molecule has 9 heteroatoms. The van der Waals surface area contributed by atoms with Crippen LogP contribution in [-0.4, -0.2) is 42.7 Å². The van der Waals surface area contributed by atoms with E-state index < -0.39 is 29.1 Å². The number of amides is 1. The molecule has 1 N–H and O–H groups in total. The van der Waals surface area contributed by atoms with E-state index in [2.05, 4.69) is 5.32 Å². The normalized spacial score (nSPS) is 16.8. The van der Waals surface area contributed by atoms with Crippen molar-refractivity contribution in [3.05, 3.63) is 38.9 Å². The summed E-state index contributed by atoms with van der Waals surface area (Å²) in [5, 5.41) is 13.3. The van der Waals surface area contributed by atoms with Gasteiger partial charge in [0.25, 0.3) is 11.6 Å². The smallest absolute Gasteiger partial charge is 0.338 e. The minimum atomic E-state index is -0.836. The number of hydrogen-bond donors (Lipinski definition) is 1. The van der Waals surface area contributed by atoms with Gasteiger partial charge in [0.15, 0.2) is 6.61 Å². The topological polar surface area (TPSA) is 108 Å². The van der Waals surface area contributed by atoms with Crippen molar-refractivity contribution in [2.45, 2.75) is 18.9 Å². The molecule has 124 valence electrons. The third kappa shape index (κ3) is 4.90. The van der Waals surface area contributed by atoms with Gasteiger partial charge in [-0.3, -0.25) is 14.9 Å². The van der Waals surface area contributed by atoms with Crippen molar-refractivity contribution in [3.8, 4) is 0 Å². The first kappa shape index (κ1) is 17.2. The van der Waals surface area contributed by atoms with Crippen LogP contribution in [0.15, 0.2) is 18.2 Å². The van der Waals surface area contributed by atoms with E-state index in [9.17, 15) is 19.7 Å². The van der Waals surface area contributed by atoms with E-state index in [1.54, 1.807) is 0 Å². The molecule has 0 radical (unpaired) electrons. The van der Waals surface area contributed by atoms with Crippen LogP contribution in [0, 0.1) is 10.1 Å². The molecule has 0 aromatic heterocycles. The minimum absolute atomic E-state index is 0.00596. The molecule has 0 spiro atoms. The highest BCUT2D eigenvalue weighted by atomic mass is 35.5. The molecule has 1 aromatic rings. The van der Waals surface area contributed by atoms with Crippen LogP contribution in [0.4, 0.5) is 5.69 Å². The Balaban J connectivity index is 1.83. The number of rotatable bonds is 6. The summed E-state index contributed by atoms with van der Waals surface area (Å²) >= 11 is 5.66. The molecule has 0 saturated carbocycles. The van der Waals surface area contributed by atoms with Gasteiger partial charge in [-0.15, -0.1) is 0 Å². The maximum Gasteiger partial charge on any atom is 0.338 e. The lowest BCUT2D eigenvalue weighted by Gasteiger charge is -2.11. The largest absolute Gasteiger partial charge is 0.452 e. The molecule has 8 nitrogen and oxygen atoms in total. The summed E-state index contributed by atoms with van der Waals surface area (Å²) in [6.07, 6.45) is 1.84. The SMILES string of the molecule is O=C(COC(=O)c1ccc(Cl)c([N+](=O)[O-])c1)NCC1CCCO1. The number of carbonyl (C=O) groups is 2. The van der Waals surface area contributed by atoms with Crippen LogP contribution in [0.1, 0.15) is 23.2 Å². The predicted octanol–water partition coefficient (Wildman–Crippen LogP) is 1.70. The summed E-state index contributed by atoms with van der Waals surface area (Å²) in [4.78, 5) is 33.5. The number of benzene rings is 1. The second kappa shape index (κ2) is 7.89. The van der Waals surface area contributed by atoms with E-state index in [-0.39, 0.29) is 16.7 Å². The third-order valence-electron chi connectivity index (χ3n) is 3.26. The lowest BCUT2D eigenvalue weighted by molar-refractivity contribution is -0.384. The number of esters is 1. The van der Waals surface area contributed by atoms with Crippen molar-refractivity contribution in [1.82, 2.24) is 5.32 Å². The molecule has 1 heterocycles. The standard InChI is InChI=1S/C14H15ClN2O6/c15-11-4-3-9(6-12(11)17(20)21)14(19)23-8-13(18)16-7-10-2-1-5-22-10/h3-4,6,10H,1-2,5,7-8H2,(H,16,18). The van der Waals surface area contributed by atoms with Crippen molar-refractivity contribution in [1.29, 1.82) is 0 Å². The van der Waals surface area contributed by atoms with Crippen LogP contribution in [-0.2, 0) is 14.3 Å². The summed E-state index contributed by atoms with van der Waals surface area (Å²) < 4.78 is 10.2.